The van der Waals surface area contributed by atoms with Gasteiger partial charge in [0.05, 0.1) is 12.5 Å². The first-order valence-corrected chi connectivity index (χ1v) is 4.60. The highest BCUT2D eigenvalue weighted by Crippen LogP contribution is 2.29. The van der Waals surface area contributed by atoms with Crippen molar-refractivity contribution in [1.29, 1.82) is 0 Å². The summed E-state index contributed by atoms with van der Waals surface area (Å²) in [5.41, 5.74) is 1.33. The van der Waals surface area contributed by atoms with Crippen LogP contribution in [0.1, 0.15) is 30.9 Å². The predicted octanol–water partition coefficient (Wildman–Crippen LogP) is 2.44. The molecule has 0 N–H and O–H groups in total. The average molecular weight is 165 g/mol. The third kappa shape index (κ3) is 1.39. The van der Waals surface area contributed by atoms with Crippen molar-refractivity contribution in [1.82, 2.24) is 4.90 Å². The molecule has 66 valence electrons. The predicted molar refractivity (Wildman–Crippen MR) is 47.9 cm³/mol. The summed E-state index contributed by atoms with van der Waals surface area (Å²) in [5, 5.41) is 0. The van der Waals surface area contributed by atoms with E-state index in [9.17, 15) is 0 Å². The van der Waals surface area contributed by atoms with Crippen LogP contribution in [0.5, 0.6) is 0 Å². The number of rotatable bonds is 1. The van der Waals surface area contributed by atoms with Crippen molar-refractivity contribution in [2.75, 3.05) is 13.6 Å². The van der Waals surface area contributed by atoms with Crippen LogP contribution in [-0.4, -0.2) is 18.5 Å². The van der Waals surface area contributed by atoms with Gasteiger partial charge in [-0.2, -0.15) is 0 Å². The fourth-order valence-electron chi connectivity index (χ4n) is 1.96. The van der Waals surface area contributed by atoms with Crippen LogP contribution in [0, 0.1) is 0 Å². The molecule has 0 bridgehead atoms. The van der Waals surface area contributed by atoms with E-state index in [0.717, 1.165) is 0 Å². The zero-order valence-corrected chi connectivity index (χ0v) is 7.49. The summed E-state index contributed by atoms with van der Waals surface area (Å²) in [5.74, 6) is 0. The van der Waals surface area contributed by atoms with Crippen LogP contribution >= 0.6 is 0 Å². The lowest BCUT2D eigenvalue weighted by Crippen LogP contribution is -2.29. The summed E-state index contributed by atoms with van der Waals surface area (Å²) in [6, 6.07) is 2.67. The summed E-state index contributed by atoms with van der Waals surface area (Å²) in [6.45, 7) is 1.22. The monoisotopic (exact) mass is 165 g/mol. The van der Waals surface area contributed by atoms with Gasteiger partial charge in [-0.1, -0.05) is 6.42 Å². The molecule has 1 aliphatic heterocycles. The third-order valence-electron chi connectivity index (χ3n) is 2.70. The summed E-state index contributed by atoms with van der Waals surface area (Å²) in [6.07, 6.45) is 7.59. The molecule has 0 amide bonds. The molecular weight excluding hydrogens is 150 g/mol. The van der Waals surface area contributed by atoms with E-state index < -0.39 is 0 Å². The van der Waals surface area contributed by atoms with Gasteiger partial charge in [0.2, 0.25) is 0 Å². The van der Waals surface area contributed by atoms with Crippen LogP contribution < -0.4 is 0 Å². The Morgan fingerprint density at radius 3 is 3.08 bits per heavy atom. The Labute approximate surface area is 73.2 Å². The van der Waals surface area contributed by atoms with Crippen molar-refractivity contribution in [2.45, 2.75) is 25.3 Å². The molecule has 2 heterocycles. The maximum Gasteiger partial charge on any atom is 0.0950 e. The lowest BCUT2D eigenvalue weighted by atomic mass is 9.98. The van der Waals surface area contributed by atoms with Crippen molar-refractivity contribution < 1.29 is 4.42 Å². The second-order valence-electron chi connectivity index (χ2n) is 3.55. The fraction of sp³-hybridized carbons (Fsp3) is 0.600. The van der Waals surface area contributed by atoms with Gasteiger partial charge < -0.3 is 4.42 Å². The number of piperidine rings is 1. The molecule has 1 aromatic heterocycles. The standard InChI is InChI=1S/C10H15NO/c1-11-6-3-2-4-10(11)9-5-7-12-8-9/h5,7-8,10H,2-4,6H2,1H3/t10-/m0/s1. The van der Waals surface area contributed by atoms with Crippen molar-refractivity contribution in [3.05, 3.63) is 24.2 Å². The van der Waals surface area contributed by atoms with E-state index >= 15 is 0 Å². The molecule has 2 heteroatoms. The zero-order valence-electron chi connectivity index (χ0n) is 7.49. The average Bonchev–Trinajstić information content (AvgIpc) is 2.57. The summed E-state index contributed by atoms with van der Waals surface area (Å²) >= 11 is 0. The molecule has 12 heavy (non-hydrogen) atoms. The third-order valence-corrected chi connectivity index (χ3v) is 2.70. The number of hydrogen-bond donors (Lipinski definition) is 0. The lowest BCUT2D eigenvalue weighted by molar-refractivity contribution is 0.186. The Balaban J connectivity index is 2.11. The molecule has 1 aliphatic rings. The van der Waals surface area contributed by atoms with Gasteiger partial charge in [0.25, 0.3) is 0 Å². The Morgan fingerprint density at radius 2 is 2.42 bits per heavy atom. The number of likely N-dealkylation sites (tertiary alicyclic amines) is 1. The second-order valence-corrected chi connectivity index (χ2v) is 3.55. The first-order chi connectivity index (χ1) is 5.88. The molecular formula is C10H15NO. The smallest absolute Gasteiger partial charge is 0.0950 e. The van der Waals surface area contributed by atoms with Crippen molar-refractivity contribution in [3.63, 3.8) is 0 Å². The molecule has 1 aromatic rings. The van der Waals surface area contributed by atoms with Crippen LogP contribution in [0.4, 0.5) is 0 Å². The maximum atomic E-state index is 5.09. The van der Waals surface area contributed by atoms with Crippen LogP contribution in [-0.2, 0) is 0 Å². The van der Waals surface area contributed by atoms with E-state index in [4.69, 9.17) is 4.42 Å². The summed E-state index contributed by atoms with van der Waals surface area (Å²) in [4.78, 5) is 2.41. The van der Waals surface area contributed by atoms with Crippen molar-refractivity contribution >= 4 is 0 Å². The minimum Gasteiger partial charge on any atom is -0.472 e. The Kier molecular flexibility index (Phi) is 2.17. The molecule has 1 saturated heterocycles. The van der Waals surface area contributed by atoms with E-state index in [1.807, 2.05) is 6.26 Å². The first kappa shape index (κ1) is 7.87. The Morgan fingerprint density at radius 1 is 1.50 bits per heavy atom. The van der Waals surface area contributed by atoms with E-state index in [0.29, 0.717) is 6.04 Å². The molecule has 0 aliphatic carbocycles. The molecule has 2 nitrogen and oxygen atoms in total. The molecule has 0 radical (unpaired) electrons. The van der Waals surface area contributed by atoms with Gasteiger partial charge in [-0.05, 0) is 32.5 Å². The first-order valence-electron chi connectivity index (χ1n) is 4.60. The lowest BCUT2D eigenvalue weighted by Gasteiger charge is -2.31. The van der Waals surface area contributed by atoms with E-state index in [1.165, 1.54) is 31.4 Å². The number of furan rings is 1. The number of hydrogen-bond acceptors (Lipinski definition) is 2. The van der Waals surface area contributed by atoms with Gasteiger partial charge in [0, 0.05) is 11.6 Å². The second kappa shape index (κ2) is 3.31. The SMILES string of the molecule is CN1CCCC[C@H]1c1ccoc1. The van der Waals surface area contributed by atoms with Crippen LogP contribution in [0.15, 0.2) is 23.0 Å². The number of nitrogens with zero attached hydrogens (tertiary/aromatic N) is 1. The normalized spacial score (nSPS) is 25.9. The van der Waals surface area contributed by atoms with Crippen LogP contribution in [0.25, 0.3) is 0 Å². The molecule has 0 saturated carbocycles. The van der Waals surface area contributed by atoms with E-state index in [1.54, 1.807) is 6.26 Å². The summed E-state index contributed by atoms with van der Waals surface area (Å²) < 4.78 is 5.09. The van der Waals surface area contributed by atoms with Gasteiger partial charge in [0.1, 0.15) is 0 Å². The van der Waals surface area contributed by atoms with E-state index in [-0.39, 0.29) is 0 Å². The molecule has 1 fully saturated rings. The topological polar surface area (TPSA) is 16.4 Å². The molecule has 1 atom stereocenters. The summed E-state index contributed by atoms with van der Waals surface area (Å²) in [7, 11) is 2.19. The Hall–Kier alpha value is -0.760. The van der Waals surface area contributed by atoms with Gasteiger partial charge >= 0.3 is 0 Å². The molecule has 2 rings (SSSR count). The van der Waals surface area contributed by atoms with Gasteiger partial charge in [-0.3, -0.25) is 4.90 Å². The quantitative estimate of drug-likeness (QED) is 0.635. The highest BCUT2D eigenvalue weighted by molar-refractivity contribution is 5.12. The van der Waals surface area contributed by atoms with Crippen LogP contribution in [0.2, 0.25) is 0 Å². The van der Waals surface area contributed by atoms with Gasteiger partial charge in [-0.15, -0.1) is 0 Å². The van der Waals surface area contributed by atoms with Crippen molar-refractivity contribution in [2.24, 2.45) is 0 Å². The van der Waals surface area contributed by atoms with Crippen molar-refractivity contribution in [3.8, 4) is 0 Å². The van der Waals surface area contributed by atoms with Gasteiger partial charge in [-0.25, -0.2) is 0 Å². The Bertz CT molecular complexity index is 230. The highest BCUT2D eigenvalue weighted by atomic mass is 16.3. The molecule has 0 unspecified atom stereocenters. The minimum atomic E-state index is 0.595. The molecule has 0 aromatic carbocycles. The minimum absolute atomic E-state index is 0.595. The van der Waals surface area contributed by atoms with Crippen LogP contribution in [0.3, 0.4) is 0 Å². The van der Waals surface area contributed by atoms with E-state index in [2.05, 4.69) is 18.0 Å². The maximum absolute atomic E-state index is 5.09. The highest BCUT2D eigenvalue weighted by Gasteiger charge is 2.20. The largest absolute Gasteiger partial charge is 0.472 e. The fourth-order valence-corrected chi connectivity index (χ4v) is 1.96. The molecule has 0 spiro atoms. The zero-order chi connectivity index (χ0) is 8.39. The van der Waals surface area contributed by atoms with Gasteiger partial charge in [0.15, 0.2) is 0 Å².